The molecule has 0 bridgehead atoms. The summed E-state index contributed by atoms with van der Waals surface area (Å²) in [6, 6.07) is 0. The molecule has 8 nitrogen and oxygen atoms in total. The second-order valence-electron chi connectivity index (χ2n) is 6.48. The van der Waals surface area contributed by atoms with Crippen molar-refractivity contribution < 1.29 is 0 Å². The Labute approximate surface area is 154 Å². The van der Waals surface area contributed by atoms with Crippen molar-refractivity contribution in [1.29, 1.82) is 0 Å². The lowest BCUT2D eigenvalue weighted by molar-refractivity contribution is 0.474. The molecule has 0 amide bonds. The molecule has 4 aromatic heterocycles. The largest absolute Gasteiger partial charge is 0.354 e. The number of H-pyrrole nitrogens is 1. The number of aromatic nitrogens is 7. The van der Waals surface area contributed by atoms with E-state index >= 15 is 0 Å². The number of hydrogen-bond donors (Lipinski definition) is 1. The molecule has 1 atom stereocenters. The Morgan fingerprint density at radius 1 is 1.19 bits per heavy atom. The van der Waals surface area contributed by atoms with Crippen LogP contribution >= 0.6 is 11.3 Å². The Morgan fingerprint density at radius 2 is 2.19 bits per heavy atom. The van der Waals surface area contributed by atoms with E-state index in [9.17, 15) is 0 Å². The van der Waals surface area contributed by atoms with Crippen molar-refractivity contribution in [2.75, 3.05) is 18.0 Å². The Morgan fingerprint density at radius 3 is 3.12 bits per heavy atom. The van der Waals surface area contributed by atoms with Gasteiger partial charge in [0.2, 0.25) is 0 Å². The zero-order chi connectivity index (χ0) is 17.3. The smallest absolute Gasteiger partial charge is 0.182 e. The number of hydrogen-bond acceptors (Lipinski definition) is 7. The SMILES string of the molecule is c1cn(Cc2cscn2)c([C@@H]2CCCN(c3ncnc4nc[nH]c34)C2)n1. The highest BCUT2D eigenvalue weighted by Gasteiger charge is 2.27. The van der Waals surface area contributed by atoms with E-state index in [1.165, 1.54) is 0 Å². The molecule has 5 heterocycles. The molecular formula is C17H18N8S. The van der Waals surface area contributed by atoms with Crippen molar-refractivity contribution in [3.8, 4) is 0 Å². The summed E-state index contributed by atoms with van der Waals surface area (Å²) in [5.41, 5.74) is 4.57. The minimum atomic E-state index is 0.366. The fourth-order valence-corrected chi connectivity index (χ4v) is 4.23. The van der Waals surface area contributed by atoms with Crippen molar-refractivity contribution in [2.24, 2.45) is 0 Å². The minimum absolute atomic E-state index is 0.366. The quantitative estimate of drug-likeness (QED) is 0.597. The molecule has 1 saturated heterocycles. The fraction of sp³-hybridized carbons (Fsp3) is 0.353. The maximum Gasteiger partial charge on any atom is 0.182 e. The van der Waals surface area contributed by atoms with Gasteiger partial charge in [0.15, 0.2) is 11.5 Å². The summed E-state index contributed by atoms with van der Waals surface area (Å²) in [4.78, 5) is 27.5. The fourth-order valence-electron chi connectivity index (χ4n) is 3.68. The lowest BCUT2D eigenvalue weighted by Crippen LogP contribution is -2.36. The van der Waals surface area contributed by atoms with Gasteiger partial charge in [-0.2, -0.15) is 0 Å². The Hall–Kier alpha value is -2.81. The highest BCUT2D eigenvalue weighted by atomic mass is 32.1. The van der Waals surface area contributed by atoms with Crippen molar-refractivity contribution in [1.82, 2.24) is 34.5 Å². The molecule has 132 valence electrons. The maximum atomic E-state index is 4.66. The average molecular weight is 366 g/mol. The zero-order valence-electron chi connectivity index (χ0n) is 14.1. The van der Waals surface area contributed by atoms with E-state index in [2.05, 4.69) is 44.8 Å². The van der Waals surface area contributed by atoms with E-state index in [-0.39, 0.29) is 0 Å². The van der Waals surface area contributed by atoms with Gasteiger partial charge in [0.1, 0.15) is 17.7 Å². The van der Waals surface area contributed by atoms with Crippen LogP contribution in [0.4, 0.5) is 5.82 Å². The number of anilines is 1. The van der Waals surface area contributed by atoms with Crippen LogP contribution in [-0.2, 0) is 6.54 Å². The number of imidazole rings is 2. The number of nitrogens with zero attached hydrogens (tertiary/aromatic N) is 7. The first-order valence-corrected chi connectivity index (χ1v) is 9.60. The molecule has 0 unspecified atom stereocenters. The van der Waals surface area contributed by atoms with Crippen molar-refractivity contribution in [2.45, 2.75) is 25.3 Å². The number of fused-ring (bicyclic) bond motifs is 1. The van der Waals surface area contributed by atoms with Gasteiger partial charge in [-0.25, -0.2) is 24.9 Å². The van der Waals surface area contributed by atoms with Crippen LogP contribution in [0.2, 0.25) is 0 Å². The summed E-state index contributed by atoms with van der Waals surface area (Å²) in [6.45, 7) is 2.64. The predicted octanol–water partition coefficient (Wildman–Crippen LogP) is 2.44. The highest BCUT2D eigenvalue weighted by Crippen LogP contribution is 2.30. The standard InChI is InChI=1S/C17H18N8S/c1-2-12(16-18-3-5-25(16)7-13-8-26-11-23-13)6-24(4-1)17-14-15(20-9-19-14)21-10-22-17/h3,5,8-12H,1-2,4,6-7H2,(H,19,20,21,22)/t12-/m1/s1. The Kier molecular flexibility index (Phi) is 3.85. The second-order valence-corrected chi connectivity index (χ2v) is 7.20. The third-order valence-electron chi connectivity index (χ3n) is 4.85. The van der Waals surface area contributed by atoms with E-state index in [0.717, 1.165) is 55.3 Å². The molecule has 1 aliphatic heterocycles. The third-order valence-corrected chi connectivity index (χ3v) is 5.49. The molecule has 0 aromatic carbocycles. The molecule has 4 aromatic rings. The van der Waals surface area contributed by atoms with Crippen LogP contribution in [0.5, 0.6) is 0 Å². The number of nitrogens with one attached hydrogen (secondary N) is 1. The molecule has 1 N–H and O–H groups in total. The molecule has 1 aliphatic rings. The summed E-state index contributed by atoms with van der Waals surface area (Å²) in [6.07, 6.45) is 9.43. The van der Waals surface area contributed by atoms with Gasteiger partial charge < -0.3 is 14.5 Å². The van der Waals surface area contributed by atoms with E-state index in [1.54, 1.807) is 24.0 Å². The van der Waals surface area contributed by atoms with Gasteiger partial charge in [0.05, 0.1) is 24.1 Å². The molecule has 9 heteroatoms. The topological polar surface area (TPSA) is 88.4 Å². The lowest BCUT2D eigenvalue weighted by Gasteiger charge is -2.33. The Bertz CT molecular complexity index is 1000. The molecule has 0 radical (unpaired) electrons. The molecule has 0 spiro atoms. The van der Waals surface area contributed by atoms with Crippen LogP contribution in [0, 0.1) is 0 Å². The first-order chi connectivity index (χ1) is 12.9. The van der Waals surface area contributed by atoms with Gasteiger partial charge in [-0.05, 0) is 12.8 Å². The molecule has 0 aliphatic carbocycles. The summed E-state index contributed by atoms with van der Waals surface area (Å²) in [7, 11) is 0. The average Bonchev–Trinajstić information content (AvgIpc) is 3.43. The third kappa shape index (κ3) is 2.74. The van der Waals surface area contributed by atoms with Crippen LogP contribution in [0.1, 0.15) is 30.3 Å². The maximum absolute atomic E-state index is 4.66. The van der Waals surface area contributed by atoms with Crippen molar-refractivity contribution >= 4 is 28.3 Å². The van der Waals surface area contributed by atoms with E-state index < -0.39 is 0 Å². The summed E-state index contributed by atoms with van der Waals surface area (Å²) < 4.78 is 2.22. The summed E-state index contributed by atoms with van der Waals surface area (Å²) in [5, 5.41) is 2.09. The Balaban J connectivity index is 1.42. The zero-order valence-corrected chi connectivity index (χ0v) is 14.9. The van der Waals surface area contributed by atoms with Crippen molar-refractivity contribution in [3.05, 3.63) is 47.5 Å². The van der Waals surface area contributed by atoms with E-state index in [0.29, 0.717) is 11.6 Å². The van der Waals surface area contributed by atoms with Crippen LogP contribution in [0.25, 0.3) is 11.2 Å². The number of thiazole rings is 1. The van der Waals surface area contributed by atoms with Gasteiger partial charge >= 0.3 is 0 Å². The number of aromatic amines is 1. The van der Waals surface area contributed by atoms with Gasteiger partial charge in [0, 0.05) is 36.8 Å². The number of piperidine rings is 1. The van der Waals surface area contributed by atoms with Gasteiger partial charge in [-0.1, -0.05) is 0 Å². The van der Waals surface area contributed by atoms with Gasteiger partial charge in [-0.15, -0.1) is 11.3 Å². The van der Waals surface area contributed by atoms with Gasteiger partial charge in [-0.3, -0.25) is 0 Å². The highest BCUT2D eigenvalue weighted by molar-refractivity contribution is 7.07. The number of rotatable bonds is 4. The van der Waals surface area contributed by atoms with Gasteiger partial charge in [0.25, 0.3) is 0 Å². The summed E-state index contributed by atoms with van der Waals surface area (Å²) in [5.74, 6) is 2.41. The predicted molar refractivity (Wildman–Crippen MR) is 99.3 cm³/mol. The minimum Gasteiger partial charge on any atom is -0.354 e. The first-order valence-electron chi connectivity index (χ1n) is 8.65. The van der Waals surface area contributed by atoms with Crippen molar-refractivity contribution in [3.63, 3.8) is 0 Å². The molecule has 26 heavy (non-hydrogen) atoms. The monoisotopic (exact) mass is 366 g/mol. The molecule has 1 fully saturated rings. The first kappa shape index (κ1) is 15.4. The normalized spacial score (nSPS) is 17.8. The van der Waals surface area contributed by atoms with E-state index in [4.69, 9.17) is 0 Å². The van der Waals surface area contributed by atoms with E-state index in [1.807, 2.05) is 17.9 Å². The van der Waals surface area contributed by atoms with Crippen LogP contribution in [-0.4, -0.2) is 47.6 Å². The summed E-state index contributed by atoms with van der Waals surface area (Å²) >= 11 is 1.63. The molecule has 5 rings (SSSR count). The molecule has 0 saturated carbocycles. The van der Waals surface area contributed by atoms with Crippen LogP contribution in [0.15, 0.2) is 35.9 Å². The lowest BCUT2D eigenvalue weighted by atomic mass is 9.97. The molecular weight excluding hydrogens is 348 g/mol. The van der Waals surface area contributed by atoms with Crippen LogP contribution in [0.3, 0.4) is 0 Å². The second kappa shape index (κ2) is 6.49. The van der Waals surface area contributed by atoms with Crippen LogP contribution < -0.4 is 4.90 Å².